The van der Waals surface area contributed by atoms with Crippen molar-refractivity contribution in [1.29, 1.82) is 0 Å². The number of phenolic OH excluding ortho intramolecular Hbond substituents is 1. The maximum Gasteiger partial charge on any atom is 0.448 e. The molecular weight excluding hydrogens is 305 g/mol. The van der Waals surface area contributed by atoms with Gasteiger partial charge in [-0.05, 0) is 48.3 Å². The highest BCUT2D eigenvalue weighted by atomic mass is 31.2. The molecule has 0 aromatic heterocycles. The van der Waals surface area contributed by atoms with E-state index in [2.05, 4.69) is 4.76 Å². The Morgan fingerprint density at radius 1 is 1.27 bits per heavy atom. The molecular formula is C15H18NO5P. The van der Waals surface area contributed by atoms with Gasteiger partial charge in [-0.3, -0.25) is 0 Å². The second-order valence-electron chi connectivity index (χ2n) is 5.30. The predicted octanol–water partition coefficient (Wildman–Crippen LogP) is 3.05. The van der Waals surface area contributed by atoms with Crippen LogP contribution in [0, 0.1) is 5.92 Å². The first kappa shape index (κ1) is 16.5. The Balaban J connectivity index is 2.23. The number of rotatable bonds is 4. The molecule has 0 bridgehead atoms. The van der Waals surface area contributed by atoms with Gasteiger partial charge < -0.3 is 20.0 Å². The average molecular weight is 323 g/mol. The second-order valence-corrected chi connectivity index (χ2v) is 6.53. The third-order valence-electron chi connectivity index (χ3n) is 3.47. The lowest BCUT2D eigenvalue weighted by Gasteiger charge is -2.21. The summed E-state index contributed by atoms with van der Waals surface area (Å²) in [5, 5.41) is 19.1. The molecule has 1 aromatic rings. The van der Waals surface area contributed by atoms with Crippen LogP contribution in [0.2, 0.25) is 0 Å². The van der Waals surface area contributed by atoms with E-state index in [1.165, 1.54) is 18.2 Å². The van der Waals surface area contributed by atoms with Crippen LogP contribution in [0.4, 0.5) is 0 Å². The lowest BCUT2D eigenvalue weighted by molar-refractivity contribution is 0.374. The van der Waals surface area contributed by atoms with E-state index in [1.807, 2.05) is 13.0 Å². The van der Waals surface area contributed by atoms with Crippen LogP contribution in [0.1, 0.15) is 24.8 Å². The molecule has 118 valence electrons. The minimum absolute atomic E-state index is 0.00891. The smallest absolute Gasteiger partial charge is 0.448 e. The summed E-state index contributed by atoms with van der Waals surface area (Å²) in [4.78, 5) is 18.0. The zero-order chi connectivity index (χ0) is 16.3. The molecule has 1 aliphatic rings. The minimum atomic E-state index is -4.53. The first-order valence-corrected chi connectivity index (χ1v) is 8.34. The third-order valence-corrected chi connectivity index (χ3v) is 3.96. The summed E-state index contributed by atoms with van der Waals surface area (Å²) in [6.45, 7) is 1.94. The largest absolute Gasteiger partial charge is 0.508 e. The Morgan fingerprint density at radius 2 is 2.00 bits per heavy atom. The molecule has 1 aliphatic carbocycles. The molecule has 2 rings (SSSR count). The third kappa shape index (κ3) is 4.56. The molecule has 2 atom stereocenters. The molecule has 0 amide bonds. The Labute approximate surface area is 128 Å². The Bertz CT molecular complexity index is 689. The van der Waals surface area contributed by atoms with Gasteiger partial charge in [-0.2, -0.15) is 4.76 Å². The number of nitrogens with zero attached hydrogens (tertiary/aromatic N) is 1. The van der Waals surface area contributed by atoms with Crippen LogP contribution in [-0.2, 0) is 4.57 Å². The van der Waals surface area contributed by atoms with Crippen LogP contribution in [0.5, 0.6) is 5.75 Å². The summed E-state index contributed by atoms with van der Waals surface area (Å²) in [6, 6.07) is 6.82. The van der Waals surface area contributed by atoms with E-state index in [-0.39, 0.29) is 23.1 Å². The monoisotopic (exact) mass is 323 g/mol. The Morgan fingerprint density at radius 3 is 2.64 bits per heavy atom. The summed E-state index contributed by atoms with van der Waals surface area (Å²) in [5.74, 6) is -0.197. The van der Waals surface area contributed by atoms with Crippen LogP contribution in [0.3, 0.4) is 0 Å². The Hall–Kier alpha value is -1.88. The van der Waals surface area contributed by atoms with Gasteiger partial charge in [-0.25, -0.2) is 4.57 Å². The summed E-state index contributed by atoms with van der Waals surface area (Å²) in [7, 11) is -4.53. The number of phenols is 1. The van der Waals surface area contributed by atoms with E-state index >= 15 is 0 Å². The van der Waals surface area contributed by atoms with Gasteiger partial charge in [0.1, 0.15) is 11.5 Å². The van der Waals surface area contributed by atoms with Gasteiger partial charge in [0.05, 0.1) is 5.71 Å². The molecule has 0 saturated carbocycles. The summed E-state index contributed by atoms with van der Waals surface area (Å²) in [5.41, 5.74) is 1.14. The van der Waals surface area contributed by atoms with E-state index < -0.39 is 13.7 Å². The average Bonchev–Trinajstić information content (AvgIpc) is 2.40. The first-order valence-electron chi connectivity index (χ1n) is 6.78. The van der Waals surface area contributed by atoms with Crippen molar-refractivity contribution in [2.75, 3.05) is 0 Å². The maximum absolute atomic E-state index is 11.1. The van der Waals surface area contributed by atoms with Gasteiger partial charge >= 0.3 is 7.75 Å². The van der Waals surface area contributed by atoms with Crippen molar-refractivity contribution in [3.63, 3.8) is 0 Å². The van der Waals surface area contributed by atoms with Crippen molar-refractivity contribution in [3.8, 4) is 5.75 Å². The van der Waals surface area contributed by atoms with E-state index in [1.54, 1.807) is 18.2 Å². The van der Waals surface area contributed by atoms with Crippen molar-refractivity contribution in [1.82, 2.24) is 0 Å². The fourth-order valence-corrected chi connectivity index (χ4v) is 2.95. The first-order chi connectivity index (χ1) is 10.2. The SMILES string of the molecule is CC(CC1C=C(O)C=CC1=NP(=O)(O)O)c1cccc(O)c1. The van der Waals surface area contributed by atoms with Crippen LogP contribution < -0.4 is 0 Å². The number of aromatic hydroxyl groups is 1. The molecule has 4 N–H and O–H groups in total. The molecule has 0 aliphatic heterocycles. The van der Waals surface area contributed by atoms with Crippen molar-refractivity contribution >= 4 is 13.5 Å². The van der Waals surface area contributed by atoms with E-state index in [4.69, 9.17) is 9.79 Å². The van der Waals surface area contributed by atoms with Gasteiger partial charge in [0, 0.05) is 5.92 Å². The normalized spacial score (nSPS) is 21.7. The number of hydrogen-bond donors (Lipinski definition) is 4. The molecule has 0 radical (unpaired) electrons. The van der Waals surface area contributed by atoms with Gasteiger partial charge in [0.2, 0.25) is 0 Å². The van der Waals surface area contributed by atoms with Crippen LogP contribution in [-0.4, -0.2) is 25.7 Å². The standard InChI is InChI=1S/C15H18NO5P/c1-10(11-3-2-4-13(17)8-11)7-12-9-14(18)5-6-15(12)16-22(19,20)21/h2-6,8-10,12,17-18H,7H2,1H3,(H2,19,20,21). The highest BCUT2D eigenvalue weighted by Crippen LogP contribution is 2.39. The summed E-state index contributed by atoms with van der Waals surface area (Å²) in [6.07, 6.45) is 4.78. The van der Waals surface area contributed by atoms with Gasteiger partial charge in [0.25, 0.3) is 0 Å². The number of aliphatic hydroxyl groups excluding tert-OH is 1. The lowest BCUT2D eigenvalue weighted by Crippen LogP contribution is -2.16. The van der Waals surface area contributed by atoms with Crippen LogP contribution >= 0.6 is 7.75 Å². The highest BCUT2D eigenvalue weighted by molar-refractivity contribution is 7.50. The molecule has 6 nitrogen and oxygen atoms in total. The van der Waals surface area contributed by atoms with Crippen LogP contribution in [0.15, 0.2) is 53.0 Å². The van der Waals surface area contributed by atoms with Crippen LogP contribution in [0.25, 0.3) is 0 Å². The van der Waals surface area contributed by atoms with Gasteiger partial charge in [-0.15, -0.1) is 0 Å². The van der Waals surface area contributed by atoms with E-state index in [9.17, 15) is 14.8 Å². The number of benzene rings is 1. The molecule has 22 heavy (non-hydrogen) atoms. The van der Waals surface area contributed by atoms with Crippen molar-refractivity contribution in [2.45, 2.75) is 19.3 Å². The van der Waals surface area contributed by atoms with Gasteiger partial charge in [0.15, 0.2) is 0 Å². The highest BCUT2D eigenvalue weighted by Gasteiger charge is 2.23. The number of aliphatic hydroxyl groups is 1. The predicted molar refractivity (Wildman–Crippen MR) is 84.0 cm³/mol. The molecule has 0 fully saturated rings. The van der Waals surface area contributed by atoms with Crippen molar-refractivity contribution < 1.29 is 24.6 Å². The summed E-state index contributed by atoms with van der Waals surface area (Å²) >= 11 is 0. The fraction of sp³-hybridized carbons (Fsp3) is 0.267. The zero-order valence-electron chi connectivity index (χ0n) is 12.0. The molecule has 0 saturated heterocycles. The molecule has 0 heterocycles. The Kier molecular flexibility index (Phi) is 4.86. The molecule has 1 aromatic carbocycles. The molecule has 0 spiro atoms. The maximum atomic E-state index is 11.1. The van der Waals surface area contributed by atoms with Crippen molar-refractivity contribution in [3.05, 3.63) is 53.8 Å². The molecule has 7 heteroatoms. The van der Waals surface area contributed by atoms with E-state index in [0.717, 1.165) is 5.56 Å². The topological polar surface area (TPSA) is 110 Å². The van der Waals surface area contributed by atoms with E-state index in [0.29, 0.717) is 6.42 Å². The quantitative estimate of drug-likeness (QED) is 0.637. The zero-order valence-corrected chi connectivity index (χ0v) is 12.9. The lowest BCUT2D eigenvalue weighted by atomic mass is 9.85. The number of hydrogen-bond acceptors (Lipinski definition) is 3. The second kappa shape index (κ2) is 6.48. The summed E-state index contributed by atoms with van der Waals surface area (Å²) < 4.78 is 14.5. The minimum Gasteiger partial charge on any atom is -0.508 e. The van der Waals surface area contributed by atoms with Crippen molar-refractivity contribution in [2.24, 2.45) is 10.7 Å². The van der Waals surface area contributed by atoms with Gasteiger partial charge in [-0.1, -0.05) is 19.1 Å². The molecule has 2 unspecified atom stereocenters. The number of allylic oxidation sites excluding steroid dienone is 3. The fourth-order valence-electron chi connectivity index (χ4n) is 2.44.